The molecule has 0 aliphatic carbocycles. The summed E-state index contributed by atoms with van der Waals surface area (Å²) in [5, 5.41) is 11.4. The number of nitrogens with zero attached hydrogens (tertiary/aromatic N) is 1. The van der Waals surface area contributed by atoms with E-state index in [1.807, 2.05) is 0 Å². The van der Waals surface area contributed by atoms with Crippen LogP contribution in [0.15, 0.2) is 28.5 Å². The third-order valence-electron chi connectivity index (χ3n) is 2.55. The molecule has 0 aliphatic heterocycles. The Balaban J connectivity index is 2.21. The molecule has 0 saturated heterocycles. The summed E-state index contributed by atoms with van der Waals surface area (Å²) in [5.74, 6) is -0.856. The molecule has 0 atom stereocenters. The Kier molecular flexibility index (Phi) is 4.48. The highest BCUT2D eigenvalue weighted by atomic mass is 32.2. The molecule has 20 heavy (non-hydrogen) atoms. The third-order valence-corrected chi connectivity index (χ3v) is 4.93. The number of hydrogen-bond donors (Lipinski definition) is 2. The molecule has 1 aromatic carbocycles. The number of thiazole rings is 1. The summed E-state index contributed by atoms with van der Waals surface area (Å²) in [4.78, 5) is 3.65. The van der Waals surface area contributed by atoms with Crippen molar-refractivity contribution in [2.75, 3.05) is 0 Å². The van der Waals surface area contributed by atoms with Crippen LogP contribution in [0.1, 0.15) is 16.3 Å². The van der Waals surface area contributed by atoms with Crippen LogP contribution in [0.4, 0.5) is 4.39 Å². The van der Waals surface area contributed by atoms with Gasteiger partial charge < -0.3 is 5.11 Å². The molecule has 0 saturated carbocycles. The average molecular weight is 316 g/mol. The molecular weight excluding hydrogens is 303 g/mol. The second kappa shape index (κ2) is 5.96. The van der Waals surface area contributed by atoms with Crippen LogP contribution in [0.2, 0.25) is 0 Å². The Morgan fingerprint density at radius 1 is 1.45 bits per heavy atom. The fourth-order valence-electron chi connectivity index (χ4n) is 1.57. The van der Waals surface area contributed by atoms with Gasteiger partial charge >= 0.3 is 0 Å². The Labute approximate surface area is 120 Å². The van der Waals surface area contributed by atoms with E-state index in [-0.39, 0.29) is 13.2 Å². The van der Waals surface area contributed by atoms with Crippen molar-refractivity contribution in [1.29, 1.82) is 0 Å². The van der Waals surface area contributed by atoms with E-state index < -0.39 is 20.7 Å². The average Bonchev–Trinajstić information content (AvgIpc) is 2.83. The molecule has 1 heterocycles. The summed E-state index contributed by atoms with van der Waals surface area (Å²) in [5.41, 5.74) is 1.13. The van der Waals surface area contributed by atoms with Gasteiger partial charge in [0.1, 0.15) is 15.7 Å². The SMILES string of the molecule is Cc1csc(CNS(=O)(=O)c2cc(CO)ccc2F)n1. The number of aliphatic hydroxyl groups is 1. The zero-order chi connectivity index (χ0) is 14.8. The minimum atomic E-state index is -3.98. The van der Waals surface area contributed by atoms with Gasteiger partial charge in [-0.1, -0.05) is 6.07 Å². The van der Waals surface area contributed by atoms with E-state index in [0.717, 1.165) is 17.8 Å². The van der Waals surface area contributed by atoms with Crippen LogP contribution in [0.3, 0.4) is 0 Å². The summed E-state index contributed by atoms with van der Waals surface area (Å²) in [6, 6.07) is 3.47. The summed E-state index contributed by atoms with van der Waals surface area (Å²) in [7, 11) is -3.98. The maximum atomic E-state index is 13.6. The van der Waals surface area contributed by atoms with Crippen molar-refractivity contribution in [3.63, 3.8) is 0 Å². The molecule has 8 heteroatoms. The zero-order valence-electron chi connectivity index (χ0n) is 10.6. The molecule has 0 fully saturated rings. The summed E-state index contributed by atoms with van der Waals surface area (Å²) < 4.78 is 40.0. The maximum absolute atomic E-state index is 13.6. The van der Waals surface area contributed by atoms with Crippen molar-refractivity contribution in [2.24, 2.45) is 0 Å². The van der Waals surface area contributed by atoms with Crippen molar-refractivity contribution in [2.45, 2.75) is 25.0 Å². The second-order valence-corrected chi connectivity index (χ2v) is 6.81. The Morgan fingerprint density at radius 3 is 2.80 bits per heavy atom. The molecule has 2 aromatic rings. The number of sulfonamides is 1. The van der Waals surface area contributed by atoms with Gasteiger partial charge in [-0.05, 0) is 24.6 Å². The second-order valence-electron chi connectivity index (χ2n) is 4.13. The molecule has 2 N–H and O–H groups in total. The van der Waals surface area contributed by atoms with Crippen molar-refractivity contribution in [3.05, 3.63) is 45.7 Å². The fourth-order valence-corrected chi connectivity index (χ4v) is 3.49. The standard InChI is InChI=1S/C12H13FN2O3S2/c1-8-7-19-12(15-8)5-14-20(17,18)11-4-9(6-16)2-3-10(11)13/h2-4,7,14,16H,5-6H2,1H3. The quantitative estimate of drug-likeness (QED) is 0.877. The van der Waals surface area contributed by atoms with Gasteiger partial charge in [0.15, 0.2) is 0 Å². The van der Waals surface area contributed by atoms with Crippen LogP contribution in [-0.4, -0.2) is 18.5 Å². The van der Waals surface area contributed by atoms with E-state index in [1.165, 1.54) is 17.4 Å². The van der Waals surface area contributed by atoms with Crippen LogP contribution in [0.25, 0.3) is 0 Å². The molecule has 0 unspecified atom stereocenters. The van der Waals surface area contributed by atoms with Crippen LogP contribution in [0, 0.1) is 12.7 Å². The molecule has 0 aliphatic rings. The minimum Gasteiger partial charge on any atom is -0.392 e. The van der Waals surface area contributed by atoms with E-state index in [0.29, 0.717) is 10.6 Å². The van der Waals surface area contributed by atoms with Crippen LogP contribution in [-0.2, 0) is 23.2 Å². The topological polar surface area (TPSA) is 79.3 Å². The Hall–Kier alpha value is -1.35. The predicted octanol–water partition coefficient (Wildman–Crippen LogP) is 1.56. The van der Waals surface area contributed by atoms with Gasteiger partial charge in [-0.3, -0.25) is 0 Å². The first-order chi connectivity index (χ1) is 9.42. The number of halogens is 1. The van der Waals surface area contributed by atoms with Crippen molar-refractivity contribution >= 4 is 21.4 Å². The van der Waals surface area contributed by atoms with Gasteiger partial charge in [0.05, 0.1) is 13.2 Å². The van der Waals surface area contributed by atoms with Gasteiger partial charge in [-0.15, -0.1) is 11.3 Å². The molecule has 5 nitrogen and oxygen atoms in total. The number of aliphatic hydroxyl groups excluding tert-OH is 1. The lowest BCUT2D eigenvalue weighted by Gasteiger charge is -2.07. The Morgan fingerprint density at radius 2 is 2.20 bits per heavy atom. The number of hydrogen-bond acceptors (Lipinski definition) is 5. The van der Waals surface area contributed by atoms with Crippen molar-refractivity contribution in [3.8, 4) is 0 Å². The molecule has 1 aromatic heterocycles. The smallest absolute Gasteiger partial charge is 0.243 e. The van der Waals surface area contributed by atoms with Crippen LogP contribution in [0.5, 0.6) is 0 Å². The highest BCUT2D eigenvalue weighted by molar-refractivity contribution is 7.89. The zero-order valence-corrected chi connectivity index (χ0v) is 12.3. The fraction of sp³-hybridized carbons (Fsp3) is 0.250. The number of aryl methyl sites for hydroxylation is 1. The first-order valence-electron chi connectivity index (χ1n) is 5.72. The number of benzene rings is 1. The van der Waals surface area contributed by atoms with E-state index in [1.54, 1.807) is 12.3 Å². The first kappa shape index (κ1) is 15.0. The van der Waals surface area contributed by atoms with Crippen molar-refractivity contribution < 1.29 is 17.9 Å². The first-order valence-corrected chi connectivity index (χ1v) is 8.08. The molecule has 0 bridgehead atoms. The molecule has 2 rings (SSSR count). The van der Waals surface area contributed by atoms with Gasteiger partial charge in [0, 0.05) is 11.1 Å². The highest BCUT2D eigenvalue weighted by Gasteiger charge is 2.19. The predicted molar refractivity (Wildman–Crippen MR) is 73.2 cm³/mol. The van der Waals surface area contributed by atoms with E-state index in [9.17, 15) is 12.8 Å². The van der Waals surface area contributed by atoms with Gasteiger partial charge in [0.25, 0.3) is 0 Å². The lowest BCUT2D eigenvalue weighted by molar-refractivity contribution is 0.281. The van der Waals surface area contributed by atoms with Gasteiger partial charge in [-0.25, -0.2) is 22.5 Å². The lowest BCUT2D eigenvalue weighted by Crippen LogP contribution is -2.24. The highest BCUT2D eigenvalue weighted by Crippen LogP contribution is 2.17. The number of rotatable bonds is 5. The van der Waals surface area contributed by atoms with Gasteiger partial charge in [0.2, 0.25) is 10.0 Å². The minimum absolute atomic E-state index is 0.00360. The third kappa shape index (κ3) is 3.40. The van der Waals surface area contributed by atoms with Crippen molar-refractivity contribution in [1.82, 2.24) is 9.71 Å². The monoisotopic (exact) mass is 316 g/mol. The normalized spacial score (nSPS) is 11.8. The maximum Gasteiger partial charge on any atom is 0.243 e. The summed E-state index contributed by atoms with van der Waals surface area (Å²) in [6.45, 7) is 1.46. The number of aromatic nitrogens is 1. The number of nitrogens with one attached hydrogen (secondary N) is 1. The molecule has 0 spiro atoms. The molecular formula is C12H13FN2O3S2. The summed E-state index contributed by atoms with van der Waals surface area (Å²) in [6.07, 6.45) is 0. The van der Waals surface area contributed by atoms with E-state index in [4.69, 9.17) is 5.11 Å². The Bertz CT molecular complexity index is 713. The summed E-state index contributed by atoms with van der Waals surface area (Å²) >= 11 is 1.33. The molecule has 0 amide bonds. The molecule has 108 valence electrons. The largest absolute Gasteiger partial charge is 0.392 e. The van der Waals surface area contributed by atoms with Crippen LogP contribution >= 0.6 is 11.3 Å². The molecule has 0 radical (unpaired) electrons. The van der Waals surface area contributed by atoms with E-state index >= 15 is 0 Å². The van der Waals surface area contributed by atoms with Gasteiger partial charge in [-0.2, -0.15) is 0 Å². The lowest BCUT2D eigenvalue weighted by atomic mass is 10.2. The van der Waals surface area contributed by atoms with Crippen LogP contribution < -0.4 is 4.72 Å². The van der Waals surface area contributed by atoms with E-state index in [2.05, 4.69) is 9.71 Å².